The molecule has 3 heterocycles. The molecule has 2 aromatic heterocycles. The largest absolute Gasteiger partial charge is 0.297 e. The summed E-state index contributed by atoms with van der Waals surface area (Å²) in [4.78, 5) is 6.63. The van der Waals surface area contributed by atoms with Crippen molar-refractivity contribution in [1.82, 2.24) is 30.3 Å². The van der Waals surface area contributed by atoms with Gasteiger partial charge in [-0.15, -0.1) is 0 Å². The van der Waals surface area contributed by atoms with Gasteiger partial charge in [-0.3, -0.25) is 15.1 Å². The molecule has 1 aliphatic heterocycles. The van der Waals surface area contributed by atoms with E-state index in [4.69, 9.17) is 11.6 Å². The van der Waals surface area contributed by atoms with Crippen molar-refractivity contribution in [1.29, 1.82) is 0 Å². The summed E-state index contributed by atoms with van der Waals surface area (Å²) < 4.78 is 0. The van der Waals surface area contributed by atoms with E-state index in [2.05, 4.69) is 30.3 Å². The van der Waals surface area contributed by atoms with Crippen LogP contribution in [0.15, 0.2) is 6.33 Å². The van der Waals surface area contributed by atoms with Crippen LogP contribution in [-0.4, -0.2) is 43.4 Å². The molecule has 0 unspecified atom stereocenters. The summed E-state index contributed by atoms with van der Waals surface area (Å²) in [5.41, 5.74) is 1.88. The molecule has 6 nitrogen and oxygen atoms in total. The lowest BCUT2D eigenvalue weighted by atomic mass is 9.96. The zero-order chi connectivity index (χ0) is 13.2. The van der Waals surface area contributed by atoms with Crippen LogP contribution in [-0.2, 0) is 6.54 Å². The molecule has 1 saturated heterocycles. The molecular weight excluding hydrogens is 264 g/mol. The van der Waals surface area contributed by atoms with E-state index < -0.39 is 0 Å². The summed E-state index contributed by atoms with van der Waals surface area (Å²) >= 11 is 6.19. The molecule has 1 fully saturated rings. The molecule has 0 atom stereocenters. The van der Waals surface area contributed by atoms with Gasteiger partial charge in [-0.1, -0.05) is 11.6 Å². The minimum absolute atomic E-state index is 0.496. The second kappa shape index (κ2) is 5.30. The molecule has 19 heavy (non-hydrogen) atoms. The Hall–Kier alpha value is -1.40. The minimum atomic E-state index is 0.496. The third kappa shape index (κ3) is 2.64. The van der Waals surface area contributed by atoms with Crippen molar-refractivity contribution >= 4 is 11.6 Å². The van der Waals surface area contributed by atoms with Gasteiger partial charge >= 0.3 is 0 Å². The van der Waals surface area contributed by atoms with Crippen molar-refractivity contribution in [3.63, 3.8) is 0 Å². The molecule has 0 amide bonds. The SMILES string of the molecule is Cc1[nH]nc(CN2CCC(c3ncn[nH]3)CC2)c1Cl. The van der Waals surface area contributed by atoms with Gasteiger partial charge < -0.3 is 0 Å². The number of nitrogens with zero attached hydrogens (tertiary/aromatic N) is 4. The third-order valence-electron chi connectivity index (χ3n) is 3.72. The van der Waals surface area contributed by atoms with Gasteiger partial charge in [0.2, 0.25) is 0 Å². The molecule has 0 radical (unpaired) electrons. The fourth-order valence-electron chi connectivity index (χ4n) is 2.56. The van der Waals surface area contributed by atoms with Crippen LogP contribution < -0.4 is 0 Å². The van der Waals surface area contributed by atoms with Crippen LogP contribution in [0.25, 0.3) is 0 Å². The van der Waals surface area contributed by atoms with E-state index in [1.54, 1.807) is 6.33 Å². The number of piperidine rings is 1. The number of nitrogens with one attached hydrogen (secondary N) is 2. The third-order valence-corrected chi connectivity index (χ3v) is 4.22. The zero-order valence-corrected chi connectivity index (χ0v) is 11.6. The van der Waals surface area contributed by atoms with Gasteiger partial charge in [0.05, 0.1) is 16.4 Å². The average Bonchev–Trinajstić information content (AvgIpc) is 3.06. The Labute approximate surface area is 116 Å². The monoisotopic (exact) mass is 280 g/mol. The van der Waals surface area contributed by atoms with Crippen LogP contribution >= 0.6 is 11.6 Å². The predicted octanol–water partition coefficient (Wildman–Crippen LogP) is 1.87. The van der Waals surface area contributed by atoms with E-state index in [0.29, 0.717) is 5.92 Å². The molecular formula is C12H17ClN6. The maximum atomic E-state index is 6.19. The Bertz CT molecular complexity index is 526. The van der Waals surface area contributed by atoms with E-state index in [1.807, 2.05) is 6.92 Å². The first kappa shape index (κ1) is 12.6. The number of likely N-dealkylation sites (tertiary alicyclic amines) is 1. The van der Waals surface area contributed by atoms with E-state index in [0.717, 1.165) is 54.7 Å². The molecule has 0 aromatic carbocycles. The summed E-state index contributed by atoms with van der Waals surface area (Å²) in [6, 6.07) is 0. The highest BCUT2D eigenvalue weighted by Gasteiger charge is 2.23. The van der Waals surface area contributed by atoms with Gasteiger partial charge in [-0.25, -0.2) is 4.98 Å². The second-order valence-corrected chi connectivity index (χ2v) is 5.41. The maximum absolute atomic E-state index is 6.19. The van der Waals surface area contributed by atoms with Gasteiger partial charge in [0.15, 0.2) is 0 Å². The predicted molar refractivity (Wildman–Crippen MR) is 72.0 cm³/mol. The van der Waals surface area contributed by atoms with E-state index in [-0.39, 0.29) is 0 Å². The number of aromatic amines is 2. The van der Waals surface area contributed by atoms with Crippen LogP contribution in [0.4, 0.5) is 0 Å². The van der Waals surface area contributed by atoms with E-state index in [9.17, 15) is 0 Å². The average molecular weight is 281 g/mol. The van der Waals surface area contributed by atoms with Crippen LogP contribution in [0.5, 0.6) is 0 Å². The number of halogens is 1. The highest BCUT2D eigenvalue weighted by molar-refractivity contribution is 6.31. The number of hydrogen-bond acceptors (Lipinski definition) is 4. The molecule has 7 heteroatoms. The lowest BCUT2D eigenvalue weighted by Gasteiger charge is -2.30. The van der Waals surface area contributed by atoms with Crippen molar-refractivity contribution in [2.75, 3.05) is 13.1 Å². The summed E-state index contributed by atoms with van der Waals surface area (Å²) in [5.74, 6) is 1.50. The van der Waals surface area contributed by atoms with Gasteiger partial charge in [0.25, 0.3) is 0 Å². The highest BCUT2D eigenvalue weighted by atomic mass is 35.5. The number of hydrogen-bond donors (Lipinski definition) is 2. The number of H-pyrrole nitrogens is 2. The lowest BCUT2D eigenvalue weighted by Crippen LogP contribution is -2.33. The van der Waals surface area contributed by atoms with Crippen LogP contribution in [0, 0.1) is 6.92 Å². The first-order chi connectivity index (χ1) is 9.24. The molecule has 0 saturated carbocycles. The zero-order valence-electron chi connectivity index (χ0n) is 10.9. The Morgan fingerprint density at radius 1 is 1.37 bits per heavy atom. The number of aromatic nitrogens is 5. The molecule has 2 aromatic rings. The van der Waals surface area contributed by atoms with Gasteiger partial charge in [-0.05, 0) is 32.9 Å². The van der Waals surface area contributed by atoms with E-state index in [1.165, 1.54) is 0 Å². The first-order valence-electron chi connectivity index (χ1n) is 6.51. The molecule has 102 valence electrons. The van der Waals surface area contributed by atoms with Gasteiger partial charge in [0.1, 0.15) is 12.2 Å². The Balaban J connectivity index is 1.57. The summed E-state index contributed by atoms with van der Waals surface area (Å²) in [5, 5.41) is 14.8. The molecule has 1 aliphatic rings. The van der Waals surface area contributed by atoms with Crippen molar-refractivity contribution in [3.05, 3.63) is 28.6 Å². The van der Waals surface area contributed by atoms with Crippen LogP contribution in [0.3, 0.4) is 0 Å². The Morgan fingerprint density at radius 3 is 2.74 bits per heavy atom. The molecule has 3 rings (SSSR count). The number of rotatable bonds is 3. The normalized spacial score (nSPS) is 18.0. The minimum Gasteiger partial charge on any atom is -0.297 e. The standard InChI is InChI=1S/C12H17ClN6/c1-8-11(13)10(17-16-8)6-19-4-2-9(3-5-19)12-14-7-15-18-12/h7,9H,2-6H2,1H3,(H,16,17)(H,14,15,18). The molecule has 0 bridgehead atoms. The number of aryl methyl sites for hydroxylation is 1. The van der Waals surface area contributed by atoms with E-state index >= 15 is 0 Å². The Morgan fingerprint density at radius 2 is 2.16 bits per heavy atom. The second-order valence-electron chi connectivity index (χ2n) is 5.03. The van der Waals surface area contributed by atoms with Crippen molar-refractivity contribution in [2.24, 2.45) is 0 Å². The lowest BCUT2D eigenvalue weighted by molar-refractivity contribution is 0.200. The Kier molecular flexibility index (Phi) is 3.52. The summed E-state index contributed by atoms with van der Waals surface area (Å²) in [6.45, 7) is 4.82. The summed E-state index contributed by atoms with van der Waals surface area (Å²) in [6.07, 6.45) is 3.76. The molecule has 2 N–H and O–H groups in total. The van der Waals surface area contributed by atoms with Crippen molar-refractivity contribution in [2.45, 2.75) is 32.2 Å². The highest BCUT2D eigenvalue weighted by Crippen LogP contribution is 2.27. The quantitative estimate of drug-likeness (QED) is 0.900. The van der Waals surface area contributed by atoms with Gasteiger partial charge in [0, 0.05) is 12.5 Å². The van der Waals surface area contributed by atoms with Crippen molar-refractivity contribution < 1.29 is 0 Å². The fraction of sp³-hybridized carbons (Fsp3) is 0.583. The molecule has 0 spiro atoms. The smallest absolute Gasteiger partial charge is 0.137 e. The van der Waals surface area contributed by atoms with Crippen LogP contribution in [0.1, 0.15) is 36.0 Å². The summed E-state index contributed by atoms with van der Waals surface area (Å²) in [7, 11) is 0. The van der Waals surface area contributed by atoms with Gasteiger partial charge in [-0.2, -0.15) is 10.2 Å². The molecule has 0 aliphatic carbocycles. The fourth-order valence-corrected chi connectivity index (χ4v) is 2.70. The van der Waals surface area contributed by atoms with Crippen LogP contribution in [0.2, 0.25) is 5.02 Å². The van der Waals surface area contributed by atoms with Crippen molar-refractivity contribution in [3.8, 4) is 0 Å². The maximum Gasteiger partial charge on any atom is 0.137 e. The first-order valence-corrected chi connectivity index (χ1v) is 6.89. The topological polar surface area (TPSA) is 73.5 Å².